The Morgan fingerprint density at radius 3 is 2.57 bits per heavy atom. The van der Waals surface area contributed by atoms with Crippen LogP contribution in [0.1, 0.15) is 21.5 Å². The van der Waals surface area contributed by atoms with E-state index in [-0.39, 0.29) is 35.7 Å². The lowest BCUT2D eigenvalue weighted by molar-refractivity contribution is -0.139. The van der Waals surface area contributed by atoms with Gasteiger partial charge in [-0.25, -0.2) is 13.8 Å². The zero-order chi connectivity index (χ0) is 21.5. The van der Waals surface area contributed by atoms with E-state index in [1.54, 1.807) is 12.1 Å². The number of esters is 1. The van der Waals surface area contributed by atoms with Gasteiger partial charge < -0.3 is 14.8 Å². The molecular weight excluding hydrogens is 394 g/mol. The third-order valence-corrected chi connectivity index (χ3v) is 4.19. The van der Waals surface area contributed by atoms with Gasteiger partial charge in [0.15, 0.2) is 11.6 Å². The van der Waals surface area contributed by atoms with Crippen LogP contribution in [0.2, 0.25) is 0 Å². The molecule has 154 valence electrons. The van der Waals surface area contributed by atoms with Gasteiger partial charge in [0.1, 0.15) is 11.4 Å². The molecule has 8 heteroatoms. The second-order valence-corrected chi connectivity index (χ2v) is 6.25. The lowest BCUT2D eigenvalue weighted by Crippen LogP contribution is -2.24. The summed E-state index contributed by atoms with van der Waals surface area (Å²) in [5, 5.41) is 2.58. The van der Waals surface area contributed by atoms with Gasteiger partial charge in [-0.1, -0.05) is 24.3 Å². The maximum atomic E-state index is 14.3. The highest BCUT2D eigenvalue weighted by molar-refractivity contribution is 5.96. The Morgan fingerprint density at radius 1 is 1.03 bits per heavy atom. The predicted molar refractivity (Wildman–Crippen MR) is 104 cm³/mol. The van der Waals surface area contributed by atoms with E-state index < -0.39 is 23.5 Å². The standard InChI is InChI=1S/C22H18F2N2O4/c1-29-20(27)12-14-8-9-15(18(24)11-14)13-26-21(28)16-5-4-10-25-22(16)30-19-7-3-2-6-17(19)23/h2-11H,12-13H2,1H3,(H,26,28). The van der Waals surface area contributed by atoms with Gasteiger partial charge in [0.25, 0.3) is 5.91 Å². The minimum absolute atomic E-state index is 0.0491. The predicted octanol–water partition coefficient (Wildman–Crippen LogP) is 3.80. The molecule has 0 fully saturated rings. The lowest BCUT2D eigenvalue weighted by Gasteiger charge is -2.11. The number of carbonyl (C=O) groups is 2. The number of benzene rings is 2. The van der Waals surface area contributed by atoms with Crippen LogP contribution in [0.25, 0.3) is 0 Å². The zero-order valence-corrected chi connectivity index (χ0v) is 16.0. The van der Waals surface area contributed by atoms with Crippen molar-refractivity contribution in [1.82, 2.24) is 10.3 Å². The van der Waals surface area contributed by atoms with E-state index in [1.165, 1.54) is 55.8 Å². The van der Waals surface area contributed by atoms with Crippen LogP contribution in [0, 0.1) is 11.6 Å². The van der Waals surface area contributed by atoms with Crippen LogP contribution >= 0.6 is 0 Å². The first-order valence-corrected chi connectivity index (χ1v) is 8.97. The summed E-state index contributed by atoms with van der Waals surface area (Å²) in [6.07, 6.45) is 1.36. The number of hydrogen-bond acceptors (Lipinski definition) is 5. The summed E-state index contributed by atoms with van der Waals surface area (Å²) in [5.74, 6) is -2.34. The SMILES string of the molecule is COC(=O)Cc1ccc(CNC(=O)c2cccnc2Oc2ccccc2F)c(F)c1. The molecule has 30 heavy (non-hydrogen) atoms. The second kappa shape index (κ2) is 9.60. The van der Waals surface area contributed by atoms with Gasteiger partial charge >= 0.3 is 5.97 Å². The minimum Gasteiger partial charge on any atom is -0.469 e. The molecule has 0 unspecified atom stereocenters. The Morgan fingerprint density at radius 2 is 1.83 bits per heavy atom. The van der Waals surface area contributed by atoms with Crippen molar-refractivity contribution in [1.29, 1.82) is 0 Å². The normalized spacial score (nSPS) is 10.4. The van der Waals surface area contributed by atoms with E-state index >= 15 is 0 Å². The number of aromatic nitrogens is 1. The van der Waals surface area contributed by atoms with Crippen LogP contribution in [0.15, 0.2) is 60.8 Å². The van der Waals surface area contributed by atoms with Crippen molar-refractivity contribution in [3.8, 4) is 11.6 Å². The lowest BCUT2D eigenvalue weighted by atomic mass is 10.1. The molecule has 1 N–H and O–H groups in total. The molecule has 3 rings (SSSR count). The Balaban J connectivity index is 1.70. The molecule has 0 saturated carbocycles. The summed E-state index contributed by atoms with van der Waals surface area (Å²) < 4.78 is 38.1. The van der Waals surface area contributed by atoms with Gasteiger partial charge in [0, 0.05) is 18.3 Å². The number of nitrogens with one attached hydrogen (secondary N) is 1. The van der Waals surface area contributed by atoms with Crippen molar-refractivity contribution in [2.45, 2.75) is 13.0 Å². The number of amides is 1. The van der Waals surface area contributed by atoms with Crippen molar-refractivity contribution in [3.63, 3.8) is 0 Å². The summed E-state index contributed by atoms with van der Waals surface area (Å²) in [7, 11) is 1.26. The van der Waals surface area contributed by atoms with Crippen molar-refractivity contribution in [3.05, 3.63) is 89.1 Å². The minimum atomic E-state index is -0.594. The molecule has 1 heterocycles. The first kappa shape index (κ1) is 20.9. The summed E-state index contributed by atoms with van der Waals surface area (Å²) in [4.78, 5) is 27.8. The smallest absolute Gasteiger partial charge is 0.309 e. The molecule has 0 aliphatic carbocycles. The monoisotopic (exact) mass is 412 g/mol. The molecule has 1 amide bonds. The molecule has 2 aromatic carbocycles. The molecule has 0 atom stereocenters. The Bertz CT molecular complexity index is 1070. The number of hydrogen-bond donors (Lipinski definition) is 1. The third kappa shape index (κ3) is 5.16. The molecule has 0 bridgehead atoms. The van der Waals surface area contributed by atoms with Crippen LogP contribution in [0.3, 0.4) is 0 Å². The van der Waals surface area contributed by atoms with Crippen LogP contribution in [0.4, 0.5) is 8.78 Å². The molecule has 0 aliphatic rings. The highest BCUT2D eigenvalue weighted by atomic mass is 19.1. The van der Waals surface area contributed by atoms with E-state index in [9.17, 15) is 18.4 Å². The molecule has 0 spiro atoms. The van der Waals surface area contributed by atoms with Crippen LogP contribution in [0.5, 0.6) is 11.6 Å². The third-order valence-electron chi connectivity index (χ3n) is 4.19. The molecule has 0 radical (unpaired) electrons. The summed E-state index contributed by atoms with van der Waals surface area (Å²) in [6.45, 7) is -0.1000. The van der Waals surface area contributed by atoms with Crippen LogP contribution < -0.4 is 10.1 Å². The van der Waals surface area contributed by atoms with Crippen molar-refractivity contribution in [2.24, 2.45) is 0 Å². The maximum Gasteiger partial charge on any atom is 0.309 e. The first-order chi connectivity index (χ1) is 14.5. The van der Waals surface area contributed by atoms with Crippen LogP contribution in [-0.2, 0) is 22.5 Å². The largest absolute Gasteiger partial charge is 0.469 e. The summed E-state index contributed by atoms with van der Waals surface area (Å²) >= 11 is 0. The average molecular weight is 412 g/mol. The average Bonchev–Trinajstić information content (AvgIpc) is 2.75. The highest BCUT2D eigenvalue weighted by Gasteiger charge is 2.16. The van der Waals surface area contributed by atoms with Crippen molar-refractivity contribution in [2.75, 3.05) is 7.11 Å². The quantitative estimate of drug-likeness (QED) is 0.598. The number of rotatable bonds is 7. The number of pyridine rings is 1. The van der Waals surface area contributed by atoms with Gasteiger partial charge in [-0.3, -0.25) is 9.59 Å². The fourth-order valence-electron chi connectivity index (χ4n) is 2.63. The number of halogens is 2. The second-order valence-electron chi connectivity index (χ2n) is 6.25. The van der Waals surface area contributed by atoms with E-state index in [4.69, 9.17) is 4.74 Å². The zero-order valence-electron chi connectivity index (χ0n) is 16.0. The number of ether oxygens (including phenoxy) is 2. The topological polar surface area (TPSA) is 77.5 Å². The molecule has 1 aromatic heterocycles. The van der Waals surface area contributed by atoms with Gasteiger partial charge in [0.2, 0.25) is 5.88 Å². The molecule has 6 nitrogen and oxygen atoms in total. The van der Waals surface area contributed by atoms with E-state index in [1.807, 2.05) is 0 Å². The van der Waals surface area contributed by atoms with Gasteiger partial charge in [-0.15, -0.1) is 0 Å². The fourth-order valence-corrected chi connectivity index (χ4v) is 2.63. The van der Waals surface area contributed by atoms with E-state index in [2.05, 4.69) is 15.0 Å². The maximum absolute atomic E-state index is 14.3. The number of nitrogens with zero attached hydrogens (tertiary/aromatic N) is 1. The molecule has 3 aromatic rings. The Labute approximate surface area is 171 Å². The van der Waals surface area contributed by atoms with Crippen molar-refractivity contribution < 1.29 is 27.8 Å². The number of carbonyl (C=O) groups excluding carboxylic acids is 2. The molecule has 0 aliphatic heterocycles. The number of methoxy groups -OCH3 is 1. The van der Waals surface area contributed by atoms with Gasteiger partial charge in [-0.2, -0.15) is 0 Å². The van der Waals surface area contributed by atoms with Gasteiger partial charge in [0.05, 0.1) is 13.5 Å². The van der Waals surface area contributed by atoms with Gasteiger partial charge in [-0.05, 0) is 35.9 Å². The molecule has 0 saturated heterocycles. The van der Waals surface area contributed by atoms with E-state index in [0.717, 1.165) is 0 Å². The Hall–Kier alpha value is -3.81. The first-order valence-electron chi connectivity index (χ1n) is 8.97. The van der Waals surface area contributed by atoms with Crippen molar-refractivity contribution >= 4 is 11.9 Å². The Kier molecular flexibility index (Phi) is 6.69. The summed E-state index contributed by atoms with van der Waals surface area (Å²) in [5.41, 5.74) is 0.767. The summed E-state index contributed by atoms with van der Waals surface area (Å²) in [6, 6.07) is 13.0. The van der Waals surface area contributed by atoms with Crippen LogP contribution in [-0.4, -0.2) is 24.0 Å². The van der Waals surface area contributed by atoms with E-state index in [0.29, 0.717) is 5.56 Å². The number of para-hydroxylation sites is 1. The highest BCUT2D eigenvalue weighted by Crippen LogP contribution is 2.25. The fraction of sp³-hybridized carbons (Fsp3) is 0.136. The molecular formula is C22H18F2N2O4.